The summed E-state index contributed by atoms with van der Waals surface area (Å²) in [6.45, 7) is 0. The number of nitrogens with zero attached hydrogens (tertiary/aromatic N) is 1. The number of methoxy groups -OCH3 is 1. The third-order valence-electron chi connectivity index (χ3n) is 7.10. The molecule has 0 radical (unpaired) electrons. The highest BCUT2D eigenvalue weighted by Crippen LogP contribution is 2.59. The van der Waals surface area contributed by atoms with E-state index in [1.54, 1.807) is 25.3 Å². The van der Waals surface area contributed by atoms with Gasteiger partial charge >= 0.3 is 0 Å². The summed E-state index contributed by atoms with van der Waals surface area (Å²) < 4.78 is 11.6. The molecular formula is C24H23N3O3S. The second-order valence-electron chi connectivity index (χ2n) is 8.61. The van der Waals surface area contributed by atoms with E-state index >= 15 is 0 Å². The van der Waals surface area contributed by atoms with Gasteiger partial charge in [0.25, 0.3) is 5.91 Å². The summed E-state index contributed by atoms with van der Waals surface area (Å²) in [5.74, 6) is 1.12. The van der Waals surface area contributed by atoms with Crippen LogP contribution in [-0.4, -0.2) is 24.2 Å². The van der Waals surface area contributed by atoms with Crippen molar-refractivity contribution < 1.29 is 14.3 Å². The fourth-order valence-electron chi connectivity index (χ4n) is 5.62. The highest BCUT2D eigenvalue weighted by molar-refractivity contribution is 7.80. The number of hydrogen-bond acceptors (Lipinski definition) is 5. The van der Waals surface area contributed by atoms with Gasteiger partial charge in [0.05, 0.1) is 17.7 Å². The largest absolute Gasteiger partial charge is 0.457 e. The number of thiocarbonyl (C=S) groups is 1. The first-order chi connectivity index (χ1) is 15.0. The van der Waals surface area contributed by atoms with Gasteiger partial charge in [0.15, 0.2) is 10.7 Å². The average Bonchev–Trinajstić information content (AvgIpc) is 3.23. The number of amides is 1. The van der Waals surface area contributed by atoms with Gasteiger partial charge in [-0.15, -0.1) is 0 Å². The summed E-state index contributed by atoms with van der Waals surface area (Å²) >= 11 is 5.37. The van der Waals surface area contributed by atoms with Gasteiger partial charge in [0.2, 0.25) is 0 Å². The smallest absolute Gasteiger partial charge is 0.257 e. The van der Waals surface area contributed by atoms with E-state index in [4.69, 9.17) is 27.0 Å². The molecule has 2 aromatic carbocycles. The first-order valence-electron chi connectivity index (χ1n) is 10.5. The molecule has 6 nitrogen and oxygen atoms in total. The summed E-state index contributed by atoms with van der Waals surface area (Å²) in [7, 11) is 1.75. The van der Waals surface area contributed by atoms with E-state index in [0.29, 0.717) is 22.2 Å². The summed E-state index contributed by atoms with van der Waals surface area (Å²) in [6.07, 6.45) is 4.63. The van der Waals surface area contributed by atoms with Gasteiger partial charge < -0.3 is 20.1 Å². The predicted octanol–water partition coefficient (Wildman–Crippen LogP) is 3.68. The van der Waals surface area contributed by atoms with Crippen molar-refractivity contribution in [3.8, 4) is 17.6 Å². The fourth-order valence-corrected chi connectivity index (χ4v) is 5.87. The van der Waals surface area contributed by atoms with E-state index in [9.17, 15) is 4.79 Å². The Morgan fingerprint density at radius 3 is 2.61 bits per heavy atom. The molecule has 1 saturated heterocycles. The van der Waals surface area contributed by atoms with Gasteiger partial charge in [-0.25, -0.2) is 0 Å². The van der Waals surface area contributed by atoms with Crippen molar-refractivity contribution in [1.29, 1.82) is 5.26 Å². The van der Waals surface area contributed by atoms with Crippen molar-refractivity contribution in [2.75, 3.05) is 7.11 Å². The topological polar surface area (TPSA) is 83.4 Å². The molecule has 2 aromatic rings. The van der Waals surface area contributed by atoms with Gasteiger partial charge in [-0.1, -0.05) is 12.1 Å². The molecule has 2 aliphatic carbocycles. The molecule has 2 N–H and O–H groups in total. The van der Waals surface area contributed by atoms with Crippen LogP contribution in [0.25, 0.3) is 0 Å². The van der Waals surface area contributed by atoms with E-state index in [1.165, 1.54) is 0 Å². The second-order valence-corrected chi connectivity index (χ2v) is 9.02. The Hall–Kier alpha value is -2.95. The lowest BCUT2D eigenvalue weighted by atomic mass is 9.61. The Morgan fingerprint density at radius 1 is 1.16 bits per heavy atom. The molecule has 1 aliphatic heterocycles. The van der Waals surface area contributed by atoms with Crippen LogP contribution in [0, 0.1) is 16.7 Å². The summed E-state index contributed by atoms with van der Waals surface area (Å²) in [4.78, 5) is 13.4. The number of nitriles is 1. The highest BCUT2D eigenvalue weighted by Gasteiger charge is 2.65. The van der Waals surface area contributed by atoms with E-state index in [-0.39, 0.29) is 17.4 Å². The summed E-state index contributed by atoms with van der Waals surface area (Å²) in [5.41, 5.74) is 1.45. The van der Waals surface area contributed by atoms with Crippen LogP contribution in [0.1, 0.15) is 42.4 Å². The normalized spacial score (nSPS) is 28.8. The number of carbonyl (C=O) groups is 1. The summed E-state index contributed by atoms with van der Waals surface area (Å²) in [5, 5.41) is 15.7. The zero-order valence-corrected chi connectivity index (χ0v) is 18.1. The van der Waals surface area contributed by atoms with Crippen LogP contribution in [0.4, 0.5) is 0 Å². The number of ether oxygens (including phenoxy) is 2. The SMILES string of the molecule is CO[C@H]1CC[C@]2(CC1)Cc1ccc(Oc3cccc(C#N)c3)cc1C21NC(=S)NC1=O. The van der Waals surface area contributed by atoms with Crippen LogP contribution in [0.15, 0.2) is 42.5 Å². The maximum atomic E-state index is 13.4. The number of nitrogens with one attached hydrogen (secondary N) is 2. The van der Waals surface area contributed by atoms with Crippen LogP contribution < -0.4 is 15.4 Å². The van der Waals surface area contributed by atoms with Crippen LogP contribution in [0.3, 0.4) is 0 Å². The van der Waals surface area contributed by atoms with Gasteiger partial charge in [-0.2, -0.15) is 5.26 Å². The first-order valence-corrected chi connectivity index (χ1v) is 10.9. The minimum atomic E-state index is -0.897. The van der Waals surface area contributed by atoms with Crippen LogP contribution in [0.5, 0.6) is 11.5 Å². The maximum absolute atomic E-state index is 13.4. The molecular weight excluding hydrogens is 410 g/mol. The molecule has 3 aliphatic rings. The zero-order chi connectivity index (χ0) is 21.6. The minimum absolute atomic E-state index is 0.0873. The Morgan fingerprint density at radius 2 is 1.94 bits per heavy atom. The molecule has 1 saturated carbocycles. The molecule has 1 atom stereocenters. The third kappa shape index (κ3) is 3.01. The monoisotopic (exact) mass is 433 g/mol. The molecule has 1 unspecified atom stereocenters. The lowest BCUT2D eigenvalue weighted by Crippen LogP contribution is -2.56. The number of fused-ring (bicyclic) bond motifs is 3. The van der Waals surface area contributed by atoms with Crippen molar-refractivity contribution in [2.45, 2.75) is 43.7 Å². The van der Waals surface area contributed by atoms with Crippen molar-refractivity contribution in [1.82, 2.24) is 10.6 Å². The average molecular weight is 434 g/mol. The maximum Gasteiger partial charge on any atom is 0.257 e. The predicted molar refractivity (Wildman–Crippen MR) is 119 cm³/mol. The van der Waals surface area contributed by atoms with E-state index in [0.717, 1.165) is 43.2 Å². The summed E-state index contributed by atoms with van der Waals surface area (Å²) in [6, 6.07) is 15.1. The number of benzene rings is 2. The van der Waals surface area contributed by atoms with Crippen molar-refractivity contribution >= 4 is 23.2 Å². The van der Waals surface area contributed by atoms with E-state index in [1.807, 2.05) is 24.3 Å². The molecule has 0 aromatic heterocycles. The lowest BCUT2D eigenvalue weighted by Gasteiger charge is -2.46. The quantitative estimate of drug-likeness (QED) is 0.719. The Kier molecular flexibility index (Phi) is 4.72. The Labute approximate surface area is 186 Å². The van der Waals surface area contributed by atoms with Gasteiger partial charge in [-0.05, 0) is 85.8 Å². The molecule has 31 heavy (non-hydrogen) atoms. The van der Waals surface area contributed by atoms with E-state index in [2.05, 4.69) is 16.7 Å². The Balaban J connectivity index is 1.55. The first kappa shape index (κ1) is 20.0. The lowest BCUT2D eigenvalue weighted by molar-refractivity contribution is -0.131. The van der Waals surface area contributed by atoms with Crippen LogP contribution in [0.2, 0.25) is 0 Å². The van der Waals surface area contributed by atoms with Crippen molar-refractivity contribution in [2.24, 2.45) is 5.41 Å². The van der Waals surface area contributed by atoms with Gasteiger partial charge in [-0.3, -0.25) is 4.79 Å². The number of rotatable bonds is 3. The molecule has 5 rings (SSSR count). The van der Waals surface area contributed by atoms with Crippen molar-refractivity contribution in [3.63, 3.8) is 0 Å². The molecule has 1 heterocycles. The molecule has 0 bridgehead atoms. The zero-order valence-electron chi connectivity index (χ0n) is 17.2. The van der Waals surface area contributed by atoms with Crippen molar-refractivity contribution in [3.05, 3.63) is 59.2 Å². The highest BCUT2D eigenvalue weighted by atomic mass is 32.1. The minimum Gasteiger partial charge on any atom is -0.457 e. The second kappa shape index (κ2) is 7.33. The third-order valence-corrected chi connectivity index (χ3v) is 7.30. The standard InChI is InChI=1S/C24H23N3O3S/c1-29-17-7-9-23(10-8-17)13-16-5-6-19(30-18-4-2-3-15(11-18)14-25)12-20(16)24(23)21(28)26-22(31)27-24/h2-6,11-12,17H,7-10,13H2,1H3,(H2,26,27,28,31)/t17-,23-,24?. The molecule has 7 heteroatoms. The van der Waals surface area contributed by atoms with Crippen LogP contribution >= 0.6 is 12.2 Å². The van der Waals surface area contributed by atoms with E-state index < -0.39 is 5.54 Å². The van der Waals surface area contributed by atoms with Gasteiger partial charge in [0, 0.05) is 12.5 Å². The Bertz CT molecular complexity index is 1120. The van der Waals surface area contributed by atoms with Gasteiger partial charge in [0.1, 0.15) is 11.5 Å². The molecule has 1 amide bonds. The fraction of sp³-hybridized carbons (Fsp3) is 0.375. The molecule has 158 valence electrons. The molecule has 2 spiro atoms. The number of carbonyl (C=O) groups excluding carboxylic acids is 1. The molecule has 2 fully saturated rings. The number of hydrogen-bond donors (Lipinski definition) is 2. The van der Waals surface area contributed by atoms with Crippen LogP contribution in [-0.2, 0) is 21.5 Å².